The molecule has 18 heavy (non-hydrogen) atoms. The maximum atomic E-state index is 11.5. The van der Waals surface area contributed by atoms with Gasteiger partial charge in [0.1, 0.15) is 0 Å². The van der Waals surface area contributed by atoms with Crippen molar-refractivity contribution in [3.05, 3.63) is 35.4 Å². The van der Waals surface area contributed by atoms with Crippen molar-refractivity contribution in [2.75, 3.05) is 24.6 Å². The summed E-state index contributed by atoms with van der Waals surface area (Å²) in [6.45, 7) is 2.84. The Morgan fingerprint density at radius 3 is 2.72 bits per heavy atom. The Labute approximate surface area is 109 Å². The lowest BCUT2D eigenvalue weighted by Crippen LogP contribution is -2.26. The van der Waals surface area contributed by atoms with Crippen molar-refractivity contribution in [1.82, 2.24) is 4.90 Å². The molecule has 0 spiro atoms. The summed E-state index contributed by atoms with van der Waals surface area (Å²) >= 11 is 0. The molecule has 0 unspecified atom stereocenters. The third-order valence-corrected chi connectivity index (χ3v) is 5.00. The smallest absolute Gasteiger partial charge is 0.151 e. The highest BCUT2D eigenvalue weighted by atomic mass is 32.2. The number of nitrogens with zero attached hydrogens (tertiary/aromatic N) is 1. The van der Waals surface area contributed by atoms with E-state index in [4.69, 9.17) is 5.73 Å². The van der Waals surface area contributed by atoms with Crippen molar-refractivity contribution < 1.29 is 8.42 Å². The van der Waals surface area contributed by atoms with Gasteiger partial charge in [-0.25, -0.2) is 8.42 Å². The van der Waals surface area contributed by atoms with Gasteiger partial charge in [0.2, 0.25) is 0 Å². The van der Waals surface area contributed by atoms with E-state index in [1.54, 1.807) is 0 Å². The third kappa shape index (κ3) is 3.80. The molecule has 1 fully saturated rings. The van der Waals surface area contributed by atoms with E-state index < -0.39 is 9.84 Å². The average molecular weight is 268 g/mol. The highest BCUT2D eigenvalue weighted by Gasteiger charge is 2.18. The summed E-state index contributed by atoms with van der Waals surface area (Å²) in [4.78, 5) is 2.21. The molecule has 2 rings (SSSR count). The van der Waals surface area contributed by atoms with Gasteiger partial charge in [0.05, 0.1) is 11.5 Å². The van der Waals surface area contributed by atoms with Crippen LogP contribution in [0.5, 0.6) is 0 Å². The fraction of sp³-hybridized carbons (Fsp3) is 0.538. The zero-order valence-corrected chi connectivity index (χ0v) is 11.3. The van der Waals surface area contributed by atoms with E-state index in [1.165, 1.54) is 5.56 Å². The van der Waals surface area contributed by atoms with Crippen molar-refractivity contribution >= 4 is 9.84 Å². The van der Waals surface area contributed by atoms with Crippen molar-refractivity contribution in [3.8, 4) is 0 Å². The van der Waals surface area contributed by atoms with E-state index in [2.05, 4.69) is 17.0 Å². The lowest BCUT2D eigenvalue weighted by molar-refractivity contribution is 0.287. The van der Waals surface area contributed by atoms with Gasteiger partial charge in [-0.2, -0.15) is 0 Å². The Balaban J connectivity index is 2.00. The minimum absolute atomic E-state index is 0.281. The summed E-state index contributed by atoms with van der Waals surface area (Å²) in [6.07, 6.45) is 0.735. The van der Waals surface area contributed by atoms with Gasteiger partial charge in [-0.1, -0.05) is 24.3 Å². The summed E-state index contributed by atoms with van der Waals surface area (Å²) in [5.41, 5.74) is 7.95. The molecule has 0 bridgehead atoms. The second-order valence-electron chi connectivity index (χ2n) is 4.81. The van der Waals surface area contributed by atoms with Crippen molar-refractivity contribution in [1.29, 1.82) is 0 Å². The van der Waals surface area contributed by atoms with Crippen LogP contribution in [0.15, 0.2) is 24.3 Å². The summed E-state index contributed by atoms with van der Waals surface area (Å²) in [5, 5.41) is 0. The van der Waals surface area contributed by atoms with Crippen LogP contribution < -0.4 is 5.73 Å². The van der Waals surface area contributed by atoms with Gasteiger partial charge in [-0.3, -0.25) is 4.90 Å². The van der Waals surface area contributed by atoms with Crippen LogP contribution >= 0.6 is 0 Å². The second-order valence-corrected chi connectivity index (χ2v) is 7.11. The quantitative estimate of drug-likeness (QED) is 0.879. The topological polar surface area (TPSA) is 63.4 Å². The van der Waals surface area contributed by atoms with E-state index in [1.807, 2.05) is 12.1 Å². The van der Waals surface area contributed by atoms with Gasteiger partial charge >= 0.3 is 0 Å². The van der Waals surface area contributed by atoms with Crippen LogP contribution in [0.3, 0.4) is 0 Å². The zero-order valence-electron chi connectivity index (χ0n) is 10.5. The minimum atomic E-state index is -2.82. The maximum Gasteiger partial charge on any atom is 0.151 e. The minimum Gasteiger partial charge on any atom is -0.326 e. The molecule has 2 N–H and O–H groups in total. The molecule has 0 amide bonds. The summed E-state index contributed by atoms with van der Waals surface area (Å²) < 4.78 is 23.1. The number of rotatable bonds is 3. The molecule has 4 nitrogen and oxygen atoms in total. The molecule has 0 atom stereocenters. The van der Waals surface area contributed by atoms with Crippen molar-refractivity contribution in [2.45, 2.75) is 19.5 Å². The van der Waals surface area contributed by atoms with Gasteiger partial charge < -0.3 is 5.73 Å². The van der Waals surface area contributed by atoms with Gasteiger partial charge in [-0.05, 0) is 24.1 Å². The third-order valence-electron chi connectivity index (χ3n) is 3.28. The Bertz CT molecular complexity index is 499. The van der Waals surface area contributed by atoms with Crippen LogP contribution in [0.1, 0.15) is 17.5 Å². The molecule has 100 valence electrons. The molecular formula is C13H20N2O2S. The first-order chi connectivity index (χ1) is 8.59. The first-order valence-corrected chi connectivity index (χ1v) is 8.12. The highest BCUT2D eigenvalue weighted by molar-refractivity contribution is 7.91. The Morgan fingerprint density at radius 1 is 1.17 bits per heavy atom. The standard InChI is InChI=1S/C13H20N2O2S/c14-10-12-3-1-4-13(9-12)11-15-5-2-7-18(16,17)8-6-15/h1,3-4,9H,2,5-8,10-11,14H2. The molecule has 0 aromatic heterocycles. The van der Waals surface area contributed by atoms with Gasteiger partial charge in [0, 0.05) is 19.6 Å². The van der Waals surface area contributed by atoms with Gasteiger partial charge in [0.15, 0.2) is 9.84 Å². The summed E-state index contributed by atoms with van der Waals surface area (Å²) in [5.74, 6) is 0.607. The summed E-state index contributed by atoms with van der Waals surface area (Å²) in [7, 11) is -2.82. The van der Waals surface area contributed by atoms with Crippen LogP contribution in [0.2, 0.25) is 0 Å². The highest BCUT2D eigenvalue weighted by Crippen LogP contribution is 2.11. The molecule has 1 heterocycles. The molecule has 1 aromatic carbocycles. The molecule has 1 aromatic rings. The number of hydrogen-bond donors (Lipinski definition) is 1. The fourth-order valence-corrected chi connectivity index (χ4v) is 3.57. The predicted octanol–water partition coefficient (Wildman–Crippen LogP) is 0.766. The number of nitrogens with two attached hydrogens (primary N) is 1. The Kier molecular flexibility index (Phi) is 4.37. The van der Waals surface area contributed by atoms with Crippen LogP contribution in [0.25, 0.3) is 0 Å². The molecule has 0 saturated carbocycles. The lowest BCUT2D eigenvalue weighted by Gasteiger charge is -2.19. The van der Waals surface area contributed by atoms with E-state index in [9.17, 15) is 8.42 Å². The SMILES string of the molecule is NCc1cccc(CN2CCCS(=O)(=O)CC2)c1. The van der Waals surface area contributed by atoms with E-state index in [0.29, 0.717) is 18.8 Å². The molecular weight excluding hydrogens is 248 g/mol. The number of benzene rings is 1. The Morgan fingerprint density at radius 2 is 1.94 bits per heavy atom. The molecule has 0 radical (unpaired) electrons. The Hall–Kier alpha value is -0.910. The second kappa shape index (κ2) is 5.82. The van der Waals surface area contributed by atoms with E-state index in [0.717, 1.165) is 25.1 Å². The summed E-state index contributed by atoms with van der Waals surface area (Å²) in [6, 6.07) is 8.18. The number of hydrogen-bond acceptors (Lipinski definition) is 4. The van der Waals surface area contributed by atoms with E-state index in [-0.39, 0.29) is 5.75 Å². The first kappa shape index (κ1) is 13.5. The normalized spacial score (nSPS) is 20.5. The van der Waals surface area contributed by atoms with Gasteiger partial charge in [0.25, 0.3) is 0 Å². The number of sulfone groups is 1. The molecule has 1 saturated heterocycles. The molecule has 0 aliphatic carbocycles. The fourth-order valence-electron chi connectivity index (χ4n) is 2.26. The largest absolute Gasteiger partial charge is 0.326 e. The van der Waals surface area contributed by atoms with Crippen LogP contribution in [0.4, 0.5) is 0 Å². The monoisotopic (exact) mass is 268 g/mol. The van der Waals surface area contributed by atoms with E-state index >= 15 is 0 Å². The predicted molar refractivity (Wildman–Crippen MR) is 72.9 cm³/mol. The average Bonchev–Trinajstić information content (AvgIpc) is 2.51. The van der Waals surface area contributed by atoms with Crippen LogP contribution in [0, 0.1) is 0 Å². The van der Waals surface area contributed by atoms with Crippen LogP contribution in [-0.2, 0) is 22.9 Å². The van der Waals surface area contributed by atoms with Crippen LogP contribution in [-0.4, -0.2) is 37.9 Å². The molecule has 1 aliphatic rings. The van der Waals surface area contributed by atoms with Crippen molar-refractivity contribution in [3.63, 3.8) is 0 Å². The first-order valence-electron chi connectivity index (χ1n) is 6.30. The zero-order chi connectivity index (χ0) is 13.0. The molecule has 1 aliphatic heterocycles. The maximum absolute atomic E-state index is 11.5. The van der Waals surface area contributed by atoms with Gasteiger partial charge in [-0.15, -0.1) is 0 Å². The lowest BCUT2D eigenvalue weighted by atomic mass is 10.1. The molecule has 5 heteroatoms. The van der Waals surface area contributed by atoms with Crippen molar-refractivity contribution in [2.24, 2.45) is 5.73 Å².